The molecule has 7 heteroatoms. The number of aromatic nitrogens is 2. The quantitative estimate of drug-likeness (QED) is 0.881. The maximum absolute atomic E-state index is 13.0. The van der Waals surface area contributed by atoms with Gasteiger partial charge in [0.2, 0.25) is 0 Å². The number of carbonyl (C=O) groups is 1. The Balaban J connectivity index is 2.16. The Labute approximate surface area is 118 Å². The van der Waals surface area contributed by atoms with E-state index in [4.69, 9.17) is 16.7 Å². The van der Waals surface area contributed by atoms with E-state index in [2.05, 4.69) is 5.10 Å². The molecule has 1 heterocycles. The van der Waals surface area contributed by atoms with Crippen molar-refractivity contribution in [3.8, 4) is 0 Å². The Bertz CT molecular complexity index is 630. The number of carboxylic acids is 1. The topological polar surface area (TPSA) is 55.1 Å². The van der Waals surface area contributed by atoms with E-state index >= 15 is 0 Å². The van der Waals surface area contributed by atoms with Gasteiger partial charge in [0, 0.05) is 17.7 Å². The summed E-state index contributed by atoms with van der Waals surface area (Å²) in [7, 11) is 1.68. The van der Waals surface area contributed by atoms with Gasteiger partial charge in [0.1, 0.15) is 11.4 Å². The fourth-order valence-corrected chi connectivity index (χ4v) is 2.79. The van der Waals surface area contributed by atoms with E-state index in [1.165, 1.54) is 34.8 Å². The van der Waals surface area contributed by atoms with Gasteiger partial charge in [-0.25, -0.2) is 9.18 Å². The molecule has 4 nitrogen and oxygen atoms in total. The van der Waals surface area contributed by atoms with Gasteiger partial charge < -0.3 is 5.11 Å². The first-order valence-electron chi connectivity index (χ1n) is 5.31. The number of hydrogen-bond acceptors (Lipinski definition) is 3. The van der Waals surface area contributed by atoms with Crippen molar-refractivity contribution in [1.29, 1.82) is 0 Å². The first-order valence-corrected chi connectivity index (χ1v) is 6.67. The van der Waals surface area contributed by atoms with Crippen LogP contribution >= 0.6 is 23.4 Å². The number of halogens is 2. The zero-order chi connectivity index (χ0) is 14.0. The van der Waals surface area contributed by atoms with E-state index in [-0.39, 0.29) is 10.6 Å². The largest absolute Gasteiger partial charge is 0.478 e. The van der Waals surface area contributed by atoms with Crippen LogP contribution in [0, 0.1) is 5.82 Å². The molecule has 100 valence electrons. The number of carboxylic acid groups (broad SMARTS) is 1. The second-order valence-electron chi connectivity index (χ2n) is 3.80. The highest BCUT2D eigenvalue weighted by Gasteiger charge is 2.15. The van der Waals surface area contributed by atoms with Crippen molar-refractivity contribution in [3.05, 3.63) is 46.5 Å². The molecular formula is C12H10ClFN2O2S. The molecule has 0 bridgehead atoms. The summed E-state index contributed by atoms with van der Waals surface area (Å²) in [6.07, 6.45) is 1.32. The Kier molecular flexibility index (Phi) is 4.11. The smallest absolute Gasteiger partial charge is 0.339 e. The lowest BCUT2D eigenvalue weighted by Gasteiger charge is -2.05. The van der Waals surface area contributed by atoms with E-state index in [9.17, 15) is 9.18 Å². The van der Waals surface area contributed by atoms with E-state index in [0.717, 1.165) is 4.90 Å². The number of nitrogens with zero attached hydrogens (tertiary/aromatic N) is 2. The van der Waals surface area contributed by atoms with Gasteiger partial charge in [0.25, 0.3) is 0 Å². The molecule has 0 atom stereocenters. The van der Waals surface area contributed by atoms with Gasteiger partial charge in [-0.3, -0.25) is 4.68 Å². The first-order chi connectivity index (χ1) is 8.99. The highest BCUT2D eigenvalue weighted by Crippen LogP contribution is 2.27. The van der Waals surface area contributed by atoms with Crippen LogP contribution in [-0.4, -0.2) is 20.9 Å². The van der Waals surface area contributed by atoms with Gasteiger partial charge in [0.05, 0.1) is 16.9 Å². The minimum absolute atomic E-state index is 0.0495. The Morgan fingerprint density at radius 3 is 2.95 bits per heavy atom. The molecule has 0 spiro atoms. The predicted octanol–water partition coefficient (Wildman–Crippen LogP) is 3.20. The molecule has 1 aromatic heterocycles. The van der Waals surface area contributed by atoms with Crippen molar-refractivity contribution in [2.75, 3.05) is 0 Å². The summed E-state index contributed by atoms with van der Waals surface area (Å²) in [4.78, 5) is 11.8. The monoisotopic (exact) mass is 300 g/mol. The van der Waals surface area contributed by atoms with Gasteiger partial charge in [-0.2, -0.15) is 5.10 Å². The van der Waals surface area contributed by atoms with Gasteiger partial charge in [0.15, 0.2) is 0 Å². The molecule has 1 N–H and O–H groups in total. The molecule has 0 radical (unpaired) electrons. The summed E-state index contributed by atoms with van der Waals surface area (Å²) in [5.41, 5.74) is 0.765. The van der Waals surface area contributed by atoms with Crippen LogP contribution in [0.25, 0.3) is 0 Å². The van der Waals surface area contributed by atoms with Crippen molar-refractivity contribution in [2.24, 2.45) is 7.05 Å². The lowest BCUT2D eigenvalue weighted by molar-refractivity contribution is 0.0696. The summed E-state index contributed by atoms with van der Waals surface area (Å²) in [5, 5.41) is 13.0. The molecule has 0 unspecified atom stereocenters. The van der Waals surface area contributed by atoms with Crippen LogP contribution in [0.5, 0.6) is 0 Å². The number of aromatic carboxylic acids is 1. The van der Waals surface area contributed by atoms with Crippen LogP contribution in [0.3, 0.4) is 0 Å². The first kappa shape index (κ1) is 13.9. The standard InChI is InChI=1S/C12H10ClFN2O2S/c1-16-11(8(5-15-16)12(17)18)6-19-7-2-3-10(14)9(13)4-7/h2-5H,6H2,1H3,(H,17,18). The van der Waals surface area contributed by atoms with Gasteiger partial charge in [-0.05, 0) is 18.2 Å². The molecular weight excluding hydrogens is 291 g/mol. The maximum atomic E-state index is 13.0. The Morgan fingerprint density at radius 1 is 1.58 bits per heavy atom. The van der Waals surface area contributed by atoms with Crippen LogP contribution in [0.1, 0.15) is 16.1 Å². The van der Waals surface area contributed by atoms with E-state index in [1.807, 2.05) is 0 Å². The molecule has 19 heavy (non-hydrogen) atoms. The summed E-state index contributed by atoms with van der Waals surface area (Å²) in [6, 6.07) is 4.40. The minimum atomic E-state index is -1.01. The highest BCUT2D eigenvalue weighted by atomic mass is 35.5. The number of benzene rings is 1. The molecule has 0 aliphatic heterocycles. The summed E-state index contributed by atoms with van der Waals surface area (Å²) < 4.78 is 14.5. The van der Waals surface area contributed by atoms with Crippen molar-refractivity contribution < 1.29 is 14.3 Å². The fourth-order valence-electron chi connectivity index (χ4n) is 1.53. The molecule has 0 saturated carbocycles. The SMILES string of the molecule is Cn1ncc(C(=O)O)c1CSc1ccc(F)c(Cl)c1. The summed E-state index contributed by atoms with van der Waals surface area (Å²) in [6.45, 7) is 0. The third kappa shape index (κ3) is 3.08. The molecule has 0 saturated heterocycles. The number of thioether (sulfide) groups is 1. The minimum Gasteiger partial charge on any atom is -0.478 e. The third-order valence-corrected chi connectivity index (χ3v) is 3.85. The van der Waals surface area contributed by atoms with Crippen molar-refractivity contribution in [3.63, 3.8) is 0 Å². The highest BCUT2D eigenvalue weighted by molar-refractivity contribution is 7.98. The van der Waals surface area contributed by atoms with Crippen LogP contribution in [-0.2, 0) is 12.8 Å². The molecule has 1 aromatic carbocycles. The third-order valence-electron chi connectivity index (χ3n) is 2.56. The fraction of sp³-hybridized carbons (Fsp3) is 0.167. The van der Waals surface area contributed by atoms with Crippen molar-refractivity contribution in [2.45, 2.75) is 10.6 Å². The zero-order valence-corrected chi connectivity index (χ0v) is 11.5. The number of aryl methyl sites for hydroxylation is 1. The maximum Gasteiger partial charge on any atom is 0.339 e. The molecule has 0 aliphatic rings. The van der Waals surface area contributed by atoms with Gasteiger partial charge >= 0.3 is 5.97 Å². The summed E-state index contributed by atoms with van der Waals surface area (Å²) in [5.74, 6) is -1.07. The summed E-state index contributed by atoms with van der Waals surface area (Å²) >= 11 is 7.06. The molecule has 0 amide bonds. The van der Waals surface area contributed by atoms with Gasteiger partial charge in [-0.15, -0.1) is 11.8 Å². The molecule has 2 aromatic rings. The van der Waals surface area contributed by atoms with Crippen LogP contribution in [0.15, 0.2) is 29.3 Å². The molecule has 0 aliphatic carbocycles. The zero-order valence-electron chi connectivity index (χ0n) is 9.93. The van der Waals surface area contributed by atoms with Crippen LogP contribution in [0.2, 0.25) is 5.02 Å². The van der Waals surface area contributed by atoms with Crippen LogP contribution < -0.4 is 0 Å². The lowest BCUT2D eigenvalue weighted by Crippen LogP contribution is -2.03. The second-order valence-corrected chi connectivity index (χ2v) is 5.25. The number of hydrogen-bond donors (Lipinski definition) is 1. The van der Waals surface area contributed by atoms with E-state index in [1.54, 1.807) is 13.1 Å². The van der Waals surface area contributed by atoms with Crippen LogP contribution in [0.4, 0.5) is 4.39 Å². The Hall–Kier alpha value is -1.53. The van der Waals surface area contributed by atoms with Gasteiger partial charge in [-0.1, -0.05) is 11.6 Å². The lowest BCUT2D eigenvalue weighted by atomic mass is 10.3. The average Bonchev–Trinajstić information content (AvgIpc) is 2.72. The average molecular weight is 301 g/mol. The number of rotatable bonds is 4. The molecule has 0 fully saturated rings. The van der Waals surface area contributed by atoms with Crippen molar-refractivity contribution >= 4 is 29.3 Å². The Morgan fingerprint density at radius 2 is 2.32 bits per heavy atom. The second kappa shape index (κ2) is 5.63. The predicted molar refractivity (Wildman–Crippen MR) is 71.1 cm³/mol. The van der Waals surface area contributed by atoms with E-state index in [0.29, 0.717) is 11.4 Å². The normalized spacial score (nSPS) is 10.7. The van der Waals surface area contributed by atoms with Crippen molar-refractivity contribution in [1.82, 2.24) is 9.78 Å². The van der Waals surface area contributed by atoms with E-state index < -0.39 is 11.8 Å². The molecule has 2 rings (SSSR count).